The van der Waals surface area contributed by atoms with E-state index >= 15 is 0 Å². The molecule has 0 N–H and O–H groups in total. The van der Waals surface area contributed by atoms with Crippen LogP contribution in [0.2, 0.25) is 0 Å². The van der Waals surface area contributed by atoms with Gasteiger partial charge in [-0.15, -0.1) is 0 Å². The molecular weight excluding hydrogens is 1660 g/mol. The van der Waals surface area contributed by atoms with E-state index in [0.717, 1.165) is 196 Å². The third kappa shape index (κ3) is 29.5. The van der Waals surface area contributed by atoms with Gasteiger partial charge in [0.25, 0.3) is 17.7 Å². The molecule has 17 rings (SSSR count). The number of anilines is 3. The quantitative estimate of drug-likeness (QED) is 0.0923. The minimum atomic E-state index is -0.577. The lowest BCUT2D eigenvalue weighted by molar-refractivity contribution is -0.0685. The van der Waals surface area contributed by atoms with E-state index in [1.165, 1.54) is 66.8 Å². The summed E-state index contributed by atoms with van der Waals surface area (Å²) in [5.41, 5.74) is 21.9. The van der Waals surface area contributed by atoms with Crippen molar-refractivity contribution in [3.05, 3.63) is 332 Å². The number of para-hydroxylation sites is 4. The van der Waals surface area contributed by atoms with Crippen molar-refractivity contribution >= 4 is 34.8 Å². The van der Waals surface area contributed by atoms with E-state index in [2.05, 4.69) is 277 Å². The van der Waals surface area contributed by atoms with Gasteiger partial charge in [0.05, 0.1) is 7.11 Å². The molecule has 0 aliphatic carbocycles. The first-order valence-corrected chi connectivity index (χ1v) is 48.8. The number of fused-ring (bicyclic) bond motifs is 6. The summed E-state index contributed by atoms with van der Waals surface area (Å²) in [5.74, 6) is 4.88. The van der Waals surface area contributed by atoms with Gasteiger partial charge in [-0.2, -0.15) is 0 Å². The number of methoxy groups -OCH3 is 1. The number of carbonyl (C=O) groups excluding carboxylic acids is 3. The summed E-state index contributed by atoms with van der Waals surface area (Å²) in [6, 6.07) is 84.5. The maximum atomic E-state index is 13.1. The van der Waals surface area contributed by atoms with Gasteiger partial charge in [0.2, 0.25) is 17.4 Å². The Morgan fingerprint density at radius 2 is 0.634 bits per heavy atom. The summed E-state index contributed by atoms with van der Waals surface area (Å²) in [6.07, 6.45) is 15.6. The zero-order valence-corrected chi connectivity index (χ0v) is 85.0. The molecule has 710 valence electrons. The molecule has 11 aromatic carbocycles. The molecule has 0 spiro atoms. The lowest BCUT2D eigenvalue weighted by Gasteiger charge is -2.30. The molecule has 11 aromatic rings. The van der Waals surface area contributed by atoms with Crippen molar-refractivity contribution in [1.82, 2.24) is 0 Å². The van der Waals surface area contributed by atoms with E-state index in [9.17, 15) is 14.4 Å². The van der Waals surface area contributed by atoms with Crippen molar-refractivity contribution in [2.45, 2.75) is 279 Å². The fourth-order valence-electron chi connectivity index (χ4n) is 18.5. The molecule has 0 aromatic heterocycles. The summed E-state index contributed by atoms with van der Waals surface area (Å²) in [5, 5.41) is 0. The van der Waals surface area contributed by atoms with Crippen molar-refractivity contribution in [3.8, 4) is 40.2 Å². The number of aryl methyl sites for hydroxylation is 6. The van der Waals surface area contributed by atoms with E-state index in [0.29, 0.717) is 0 Å². The highest BCUT2D eigenvalue weighted by Crippen LogP contribution is 2.49. The van der Waals surface area contributed by atoms with Gasteiger partial charge in [0, 0.05) is 93.9 Å². The van der Waals surface area contributed by atoms with Crippen molar-refractivity contribution < 1.29 is 47.5 Å². The highest BCUT2D eigenvalue weighted by atomic mass is 16.7. The van der Waals surface area contributed by atoms with E-state index in [-0.39, 0.29) is 50.2 Å². The summed E-state index contributed by atoms with van der Waals surface area (Å²) in [4.78, 5) is 45.0. The minimum absolute atomic E-state index is 0.0851. The minimum Gasteiger partial charge on any atom is -0.497 e. The van der Waals surface area contributed by atoms with Crippen LogP contribution in [0, 0.1) is 39.4 Å². The van der Waals surface area contributed by atoms with Gasteiger partial charge in [-0.05, 0) is 275 Å². The van der Waals surface area contributed by atoms with Gasteiger partial charge in [0.1, 0.15) is 5.75 Å². The molecule has 6 heterocycles. The number of ether oxygens (including phenoxy) is 7. The van der Waals surface area contributed by atoms with E-state index in [1.54, 1.807) is 7.11 Å². The van der Waals surface area contributed by atoms with Gasteiger partial charge in [0.15, 0.2) is 34.5 Å². The van der Waals surface area contributed by atoms with E-state index < -0.39 is 17.4 Å². The largest absolute Gasteiger partial charge is 0.497 e. The Hall–Kier alpha value is -11.6. The Labute approximate surface area is 803 Å². The first kappa shape index (κ1) is 101. The zero-order chi connectivity index (χ0) is 96.8. The highest BCUT2D eigenvalue weighted by Gasteiger charge is 2.41. The lowest BCUT2D eigenvalue weighted by atomic mass is 9.87. The van der Waals surface area contributed by atoms with Crippen LogP contribution in [0.15, 0.2) is 249 Å². The average molecular weight is 1810 g/mol. The number of rotatable bonds is 16. The van der Waals surface area contributed by atoms with Crippen molar-refractivity contribution in [1.29, 1.82) is 0 Å². The third-order valence-electron chi connectivity index (χ3n) is 24.1. The van der Waals surface area contributed by atoms with Crippen molar-refractivity contribution in [3.63, 3.8) is 0 Å². The Morgan fingerprint density at radius 3 is 1.01 bits per heavy atom. The molecule has 6 aliphatic rings. The van der Waals surface area contributed by atoms with Crippen LogP contribution >= 0.6 is 0 Å². The second-order valence-corrected chi connectivity index (χ2v) is 45.4. The second-order valence-electron chi connectivity index (χ2n) is 45.4. The molecular formula is C121H151N3O10. The predicted molar refractivity (Wildman–Crippen MR) is 552 cm³/mol. The molecule has 134 heavy (non-hydrogen) atoms. The van der Waals surface area contributed by atoms with Crippen LogP contribution in [0.25, 0.3) is 0 Å². The summed E-state index contributed by atoms with van der Waals surface area (Å²) < 4.78 is 41.7. The molecule has 0 radical (unpaired) electrons. The molecule has 0 bridgehead atoms. The van der Waals surface area contributed by atoms with Crippen LogP contribution < -0.4 is 47.9 Å². The molecule has 0 saturated heterocycles. The van der Waals surface area contributed by atoms with E-state index in [1.807, 2.05) is 146 Å². The third-order valence-corrected chi connectivity index (χ3v) is 24.1. The Balaban J connectivity index is 0.000000145. The standard InChI is InChI=1S/C22H27NO2.C22H27NO.C21H25NO.2C21H26O2.C14H20O2/c1-22(2,3)15-16-7-5-8-18(13-16)21(24)23-12-6-9-17-14-19(25-4)10-11-20(17)23;1-16-10-11-20-18(13-16)9-6-12-23(20)21(24)19-8-5-7-17(14-19)15-22(2,3)4;1-21(2,3)15-16-8-6-10-18(14-16)20(23)22-13-7-11-17-9-4-5-12-19(17)22;2*1-20(2,3)15-17-11-8-12-18-19(17)23-21(4,22-18)14-13-16-9-6-5-7-10-16;1-13(2,3)9-10-7-6-8-11-12(10)16-14(4,5)15-11/h5,7-8,10-11,13-14H,6,9,12,15H2,1-4H3;5,7-8,10-11,13-14H,6,9,12,15H2,1-4H3;4-6,8-10,12,14H,7,11,13,15H2,1-3H3;2*5-12H,13-15H2,1-4H3;6-8H,9H2,1-5H3. The molecule has 0 saturated carbocycles. The first-order valence-electron chi connectivity index (χ1n) is 48.8. The molecule has 13 nitrogen and oxygen atoms in total. The van der Waals surface area contributed by atoms with Crippen molar-refractivity contribution in [2.75, 3.05) is 41.4 Å². The number of hydrogen-bond donors (Lipinski definition) is 0. The van der Waals surface area contributed by atoms with Crippen molar-refractivity contribution in [2.24, 2.45) is 32.5 Å². The van der Waals surface area contributed by atoms with Gasteiger partial charge in [-0.25, -0.2) is 0 Å². The maximum Gasteiger partial charge on any atom is 0.258 e. The summed E-state index contributed by atoms with van der Waals surface area (Å²) >= 11 is 0. The Bertz CT molecular complexity index is 5690. The summed E-state index contributed by atoms with van der Waals surface area (Å²) in [6.45, 7) is 52.6. The number of nitrogens with zero attached hydrogens (tertiary/aromatic N) is 3. The molecule has 3 amide bonds. The smallest absolute Gasteiger partial charge is 0.258 e. The monoisotopic (exact) mass is 1810 g/mol. The topological polar surface area (TPSA) is 126 Å². The maximum absolute atomic E-state index is 13.1. The molecule has 0 fully saturated rings. The predicted octanol–water partition coefficient (Wildman–Crippen LogP) is 29.5. The second kappa shape index (κ2) is 43.0. The molecule has 13 heteroatoms. The van der Waals surface area contributed by atoms with Crippen LogP contribution in [-0.4, -0.2) is 61.8 Å². The van der Waals surface area contributed by atoms with Gasteiger partial charge >= 0.3 is 0 Å². The Kier molecular flexibility index (Phi) is 32.5. The van der Waals surface area contributed by atoms with Crippen LogP contribution in [0.1, 0.15) is 282 Å². The first-order chi connectivity index (χ1) is 63.1. The van der Waals surface area contributed by atoms with Gasteiger partial charge < -0.3 is 47.9 Å². The van der Waals surface area contributed by atoms with Crippen LogP contribution in [0.5, 0.6) is 40.2 Å². The average Bonchev–Trinajstić information content (AvgIpc) is 1.66. The number of carbonyl (C=O) groups is 3. The highest BCUT2D eigenvalue weighted by molar-refractivity contribution is 6.08. The fourth-order valence-corrected chi connectivity index (χ4v) is 18.5. The normalized spacial score (nSPS) is 16.6. The van der Waals surface area contributed by atoms with E-state index in [4.69, 9.17) is 33.2 Å². The van der Waals surface area contributed by atoms with Gasteiger partial charge in [-0.3, -0.25) is 14.4 Å². The van der Waals surface area contributed by atoms with Crippen LogP contribution in [-0.2, 0) is 70.6 Å². The fraction of sp³-hybridized carbons (Fsp3) is 0.430. The molecule has 2 atom stereocenters. The van der Waals surface area contributed by atoms with Gasteiger partial charge in [-0.1, -0.05) is 294 Å². The zero-order valence-electron chi connectivity index (χ0n) is 85.0. The SMILES string of the molecule is CC(C)(C)Cc1cccc(C(=O)N2CCCc3ccccc32)c1.CC(C)(C)Cc1cccc2c1OC(C)(C)O2.CC(C)(C)Cc1cccc2c1OC(C)(CCc1ccccc1)O2.CC(C)(C)Cc1cccc2c1OC(C)(CCc1ccccc1)O2.COc1ccc2c(c1)CCCN2C(=O)c1cccc(CC(C)(C)C)c1.Cc1ccc2c(c1)CCCN2C(=O)c1cccc(CC(C)(C)C)c1. The van der Waals surface area contributed by atoms with Crippen LogP contribution in [0.4, 0.5) is 17.1 Å². The van der Waals surface area contributed by atoms with Crippen LogP contribution in [0.3, 0.4) is 0 Å². The number of amides is 3. The molecule has 2 unspecified atom stereocenters. The summed E-state index contributed by atoms with van der Waals surface area (Å²) in [7, 11) is 1.67. The number of benzene rings is 11. The number of hydrogen-bond acceptors (Lipinski definition) is 10. The molecule has 6 aliphatic heterocycles. The Morgan fingerprint density at radius 1 is 0.313 bits per heavy atom. The lowest BCUT2D eigenvalue weighted by Crippen LogP contribution is -2.35.